The van der Waals surface area contributed by atoms with Gasteiger partial charge in [-0.1, -0.05) is 0 Å². The normalized spacial score (nSPS) is 10.1. The fraction of sp³-hybridized carbons (Fsp3) is 0. The molecule has 0 aliphatic rings. The Bertz CT molecular complexity index is 420. The van der Waals surface area contributed by atoms with E-state index in [4.69, 9.17) is 0 Å². The standard InChI is InChI=1S/C11H6F2N/c12-10-4-9(5-11(13)6-10)8-2-1-3-14-7-8/h2-7H. The smallest absolute Gasteiger partial charge is 0.126 e. The van der Waals surface area contributed by atoms with Gasteiger partial charge >= 0.3 is 0 Å². The molecular formula is C11H6F2N. The van der Waals surface area contributed by atoms with Gasteiger partial charge in [-0.05, 0) is 23.8 Å². The van der Waals surface area contributed by atoms with E-state index < -0.39 is 11.6 Å². The minimum atomic E-state index is -0.594. The van der Waals surface area contributed by atoms with Crippen LogP contribution in [0.25, 0.3) is 11.1 Å². The average Bonchev–Trinajstić information content (AvgIpc) is 2.18. The van der Waals surface area contributed by atoms with Gasteiger partial charge in [0.2, 0.25) is 0 Å². The second-order valence-electron chi connectivity index (χ2n) is 2.83. The Morgan fingerprint density at radius 2 is 1.71 bits per heavy atom. The van der Waals surface area contributed by atoms with Crippen LogP contribution in [-0.4, -0.2) is 4.98 Å². The van der Waals surface area contributed by atoms with Crippen molar-refractivity contribution in [1.29, 1.82) is 0 Å². The van der Waals surface area contributed by atoms with Crippen molar-refractivity contribution < 1.29 is 8.78 Å². The molecule has 0 atom stereocenters. The molecule has 14 heavy (non-hydrogen) atoms. The SMILES string of the molecule is Fc1cc(F)cc(-c2c[c]cnc2)c1. The van der Waals surface area contributed by atoms with E-state index in [1.54, 1.807) is 6.07 Å². The molecule has 0 unspecified atom stereocenters. The number of halogens is 2. The zero-order valence-corrected chi connectivity index (χ0v) is 7.17. The predicted octanol–water partition coefficient (Wildman–Crippen LogP) is 2.83. The molecule has 0 aliphatic heterocycles. The van der Waals surface area contributed by atoms with Gasteiger partial charge in [0.15, 0.2) is 0 Å². The Kier molecular flexibility index (Phi) is 2.23. The van der Waals surface area contributed by atoms with Crippen LogP contribution in [0.3, 0.4) is 0 Å². The lowest BCUT2D eigenvalue weighted by Crippen LogP contribution is -1.84. The summed E-state index contributed by atoms with van der Waals surface area (Å²) in [5.74, 6) is -1.19. The second-order valence-corrected chi connectivity index (χ2v) is 2.83. The highest BCUT2D eigenvalue weighted by molar-refractivity contribution is 5.61. The Hall–Kier alpha value is -1.77. The zero-order chi connectivity index (χ0) is 9.97. The maximum atomic E-state index is 12.8. The summed E-state index contributed by atoms with van der Waals surface area (Å²) in [6, 6.07) is 7.72. The first-order chi connectivity index (χ1) is 6.75. The molecule has 1 aromatic heterocycles. The molecular weight excluding hydrogens is 184 g/mol. The van der Waals surface area contributed by atoms with E-state index in [1.165, 1.54) is 24.5 Å². The monoisotopic (exact) mass is 190 g/mol. The van der Waals surface area contributed by atoms with Gasteiger partial charge in [-0.2, -0.15) is 0 Å². The lowest BCUT2D eigenvalue weighted by Gasteiger charge is -2.00. The number of aromatic nitrogens is 1. The summed E-state index contributed by atoms with van der Waals surface area (Å²) in [5, 5.41) is 0. The van der Waals surface area contributed by atoms with Crippen molar-refractivity contribution >= 4 is 0 Å². The van der Waals surface area contributed by atoms with Crippen molar-refractivity contribution in [2.45, 2.75) is 0 Å². The quantitative estimate of drug-likeness (QED) is 0.673. The molecule has 0 saturated heterocycles. The van der Waals surface area contributed by atoms with Gasteiger partial charge in [0.1, 0.15) is 11.6 Å². The van der Waals surface area contributed by atoms with Gasteiger partial charge in [0, 0.05) is 30.1 Å². The van der Waals surface area contributed by atoms with Gasteiger partial charge in [-0.25, -0.2) is 8.78 Å². The molecule has 69 valence electrons. The van der Waals surface area contributed by atoms with Crippen molar-refractivity contribution in [2.75, 3.05) is 0 Å². The first-order valence-electron chi connectivity index (χ1n) is 4.03. The van der Waals surface area contributed by atoms with E-state index in [2.05, 4.69) is 11.1 Å². The number of hydrogen-bond acceptors (Lipinski definition) is 1. The van der Waals surface area contributed by atoms with Gasteiger partial charge in [0.25, 0.3) is 0 Å². The largest absolute Gasteiger partial charge is 0.263 e. The molecule has 0 amide bonds. The maximum absolute atomic E-state index is 12.8. The summed E-state index contributed by atoms with van der Waals surface area (Å²) in [6.45, 7) is 0. The summed E-state index contributed by atoms with van der Waals surface area (Å²) in [6.07, 6.45) is 3.02. The Balaban J connectivity index is 2.52. The van der Waals surface area contributed by atoms with Crippen molar-refractivity contribution in [3.63, 3.8) is 0 Å². The summed E-state index contributed by atoms with van der Waals surface area (Å²) >= 11 is 0. The second kappa shape index (κ2) is 3.54. The topological polar surface area (TPSA) is 12.9 Å². The van der Waals surface area contributed by atoms with E-state index in [0.717, 1.165) is 6.07 Å². The van der Waals surface area contributed by atoms with E-state index in [0.29, 0.717) is 11.1 Å². The molecule has 0 aliphatic carbocycles. The van der Waals surface area contributed by atoms with Crippen LogP contribution in [0.2, 0.25) is 0 Å². The van der Waals surface area contributed by atoms with Crippen molar-refractivity contribution in [3.05, 3.63) is 54.4 Å². The van der Waals surface area contributed by atoms with Gasteiger partial charge in [-0.3, -0.25) is 4.98 Å². The van der Waals surface area contributed by atoms with Crippen molar-refractivity contribution in [2.24, 2.45) is 0 Å². The lowest BCUT2D eigenvalue weighted by molar-refractivity contribution is 0.584. The van der Waals surface area contributed by atoms with E-state index in [9.17, 15) is 8.78 Å². The van der Waals surface area contributed by atoms with Crippen LogP contribution in [0.15, 0.2) is 36.7 Å². The molecule has 0 spiro atoms. The van der Waals surface area contributed by atoms with E-state index in [-0.39, 0.29) is 0 Å². The van der Waals surface area contributed by atoms with E-state index >= 15 is 0 Å². The number of pyridine rings is 1. The van der Waals surface area contributed by atoms with E-state index in [1.807, 2.05) is 0 Å². The first-order valence-corrected chi connectivity index (χ1v) is 4.03. The highest BCUT2D eigenvalue weighted by Crippen LogP contribution is 2.19. The molecule has 3 heteroatoms. The highest BCUT2D eigenvalue weighted by atomic mass is 19.1. The number of hydrogen-bond donors (Lipinski definition) is 0. The molecule has 0 N–H and O–H groups in total. The van der Waals surface area contributed by atoms with Gasteiger partial charge in [0.05, 0.1) is 0 Å². The summed E-state index contributed by atoms with van der Waals surface area (Å²) in [4.78, 5) is 3.82. The van der Waals surface area contributed by atoms with Crippen LogP contribution >= 0.6 is 0 Å². The maximum Gasteiger partial charge on any atom is 0.126 e. The molecule has 0 saturated carbocycles. The minimum absolute atomic E-state index is 0.465. The summed E-state index contributed by atoms with van der Waals surface area (Å²) in [5.41, 5.74) is 1.11. The van der Waals surface area contributed by atoms with Crippen LogP contribution in [0.4, 0.5) is 8.78 Å². The van der Waals surface area contributed by atoms with Crippen LogP contribution in [0, 0.1) is 17.7 Å². The lowest BCUT2D eigenvalue weighted by atomic mass is 10.1. The zero-order valence-electron chi connectivity index (χ0n) is 7.17. The number of nitrogens with zero attached hydrogens (tertiary/aromatic N) is 1. The van der Waals surface area contributed by atoms with Crippen LogP contribution in [0.1, 0.15) is 0 Å². The highest BCUT2D eigenvalue weighted by Gasteiger charge is 2.02. The molecule has 0 fully saturated rings. The molecule has 2 rings (SSSR count). The summed E-state index contributed by atoms with van der Waals surface area (Å²) < 4.78 is 25.7. The molecule has 1 heterocycles. The Morgan fingerprint density at radius 1 is 1.00 bits per heavy atom. The third kappa shape index (κ3) is 1.76. The fourth-order valence-electron chi connectivity index (χ4n) is 1.20. The predicted molar refractivity (Wildman–Crippen MR) is 48.4 cm³/mol. The number of benzene rings is 1. The third-order valence-electron chi connectivity index (χ3n) is 1.80. The van der Waals surface area contributed by atoms with Crippen LogP contribution in [-0.2, 0) is 0 Å². The van der Waals surface area contributed by atoms with Gasteiger partial charge < -0.3 is 0 Å². The third-order valence-corrected chi connectivity index (χ3v) is 1.80. The Morgan fingerprint density at radius 3 is 2.29 bits per heavy atom. The molecule has 1 radical (unpaired) electrons. The van der Waals surface area contributed by atoms with Crippen molar-refractivity contribution in [3.8, 4) is 11.1 Å². The van der Waals surface area contributed by atoms with Gasteiger partial charge in [-0.15, -0.1) is 0 Å². The number of rotatable bonds is 1. The fourth-order valence-corrected chi connectivity index (χ4v) is 1.20. The molecule has 0 bridgehead atoms. The Labute approximate surface area is 80.0 Å². The first kappa shape index (κ1) is 8.81. The van der Waals surface area contributed by atoms with Crippen LogP contribution < -0.4 is 0 Å². The van der Waals surface area contributed by atoms with Crippen molar-refractivity contribution in [1.82, 2.24) is 4.98 Å². The average molecular weight is 190 g/mol. The molecule has 2 aromatic rings. The molecule has 1 nitrogen and oxygen atoms in total. The summed E-state index contributed by atoms with van der Waals surface area (Å²) in [7, 11) is 0. The minimum Gasteiger partial charge on any atom is -0.263 e. The molecule has 1 aromatic carbocycles. The van der Waals surface area contributed by atoms with Crippen LogP contribution in [0.5, 0.6) is 0 Å².